The first-order chi connectivity index (χ1) is 13.8. The molecule has 4 N–H and O–H groups in total. The molecule has 1 aromatic rings. The molecular formula is C23H34N4O2. The fourth-order valence-corrected chi connectivity index (χ4v) is 2.73. The quantitative estimate of drug-likeness (QED) is 0.313. The van der Waals surface area contributed by atoms with E-state index in [0.717, 1.165) is 24.2 Å². The number of nitrogens with zero attached hydrogens (tertiary/aromatic N) is 1. The predicted octanol–water partition coefficient (Wildman–Crippen LogP) is 4.15. The predicted molar refractivity (Wildman–Crippen MR) is 121 cm³/mol. The Morgan fingerprint density at radius 3 is 2.59 bits per heavy atom. The minimum Gasteiger partial charge on any atom is -0.496 e. The van der Waals surface area contributed by atoms with Gasteiger partial charge in [-0.1, -0.05) is 46.4 Å². The number of rotatable bonds is 10. The number of carbonyl (C=O) groups is 1. The Hall–Kier alpha value is -2.89. The molecule has 0 bridgehead atoms. The van der Waals surface area contributed by atoms with Gasteiger partial charge in [-0.15, -0.1) is 0 Å². The number of benzene rings is 1. The lowest BCUT2D eigenvalue weighted by atomic mass is 10.0. The maximum atomic E-state index is 12.9. The smallest absolute Gasteiger partial charge is 0.266 e. The molecule has 29 heavy (non-hydrogen) atoms. The van der Waals surface area contributed by atoms with Crippen LogP contribution in [-0.4, -0.2) is 24.6 Å². The van der Waals surface area contributed by atoms with E-state index in [4.69, 9.17) is 15.9 Å². The van der Waals surface area contributed by atoms with Gasteiger partial charge in [0.05, 0.1) is 7.11 Å². The number of aliphatic imine (C=N–C) groups is 1. The number of hydrogen-bond donors (Lipinski definition) is 3. The Morgan fingerprint density at radius 2 is 2.07 bits per heavy atom. The van der Waals surface area contributed by atoms with Crippen molar-refractivity contribution in [1.29, 1.82) is 5.41 Å². The highest BCUT2D eigenvalue weighted by Crippen LogP contribution is 2.21. The molecule has 0 heterocycles. The number of hydrogen-bond acceptors (Lipinski definition) is 4. The number of nitrogens with two attached hydrogens (primary N) is 1. The van der Waals surface area contributed by atoms with Crippen LogP contribution in [0.25, 0.3) is 0 Å². The molecule has 0 aliphatic carbocycles. The van der Waals surface area contributed by atoms with E-state index in [-0.39, 0.29) is 17.7 Å². The van der Waals surface area contributed by atoms with E-state index >= 15 is 0 Å². The summed E-state index contributed by atoms with van der Waals surface area (Å²) in [6.45, 7) is 12.1. The number of amidine groups is 1. The third kappa shape index (κ3) is 6.59. The van der Waals surface area contributed by atoms with E-state index in [0.29, 0.717) is 29.8 Å². The molecule has 0 aliphatic heterocycles. The highest BCUT2D eigenvalue weighted by atomic mass is 16.5. The molecule has 1 unspecified atom stereocenters. The number of amides is 1. The van der Waals surface area contributed by atoms with Crippen molar-refractivity contribution >= 4 is 17.5 Å². The molecule has 1 aromatic carbocycles. The van der Waals surface area contributed by atoms with Gasteiger partial charge in [-0.3, -0.25) is 10.2 Å². The topological polar surface area (TPSA) is 101 Å². The summed E-state index contributed by atoms with van der Waals surface area (Å²) in [5, 5.41) is 11.2. The van der Waals surface area contributed by atoms with Gasteiger partial charge < -0.3 is 15.8 Å². The van der Waals surface area contributed by atoms with Crippen molar-refractivity contribution in [2.45, 2.75) is 53.5 Å². The molecule has 0 aliphatic rings. The summed E-state index contributed by atoms with van der Waals surface area (Å²) in [4.78, 5) is 17.2. The van der Waals surface area contributed by atoms with Gasteiger partial charge in [0.2, 0.25) is 0 Å². The van der Waals surface area contributed by atoms with Crippen LogP contribution in [0, 0.1) is 11.3 Å². The van der Waals surface area contributed by atoms with E-state index < -0.39 is 0 Å². The maximum absolute atomic E-state index is 12.9. The monoisotopic (exact) mass is 398 g/mol. The second kappa shape index (κ2) is 11.8. The second-order valence-electron chi connectivity index (χ2n) is 6.87. The lowest BCUT2D eigenvalue weighted by Crippen LogP contribution is -2.35. The van der Waals surface area contributed by atoms with Crippen LogP contribution in [0.5, 0.6) is 5.75 Å². The molecule has 0 spiro atoms. The van der Waals surface area contributed by atoms with Crippen LogP contribution in [0.15, 0.2) is 47.1 Å². The van der Waals surface area contributed by atoms with Crippen molar-refractivity contribution in [2.24, 2.45) is 16.6 Å². The largest absolute Gasteiger partial charge is 0.496 e. The van der Waals surface area contributed by atoms with E-state index in [9.17, 15) is 4.79 Å². The number of ether oxygens (including phenoxy) is 1. The zero-order chi connectivity index (χ0) is 22.0. The van der Waals surface area contributed by atoms with Gasteiger partial charge in [0.1, 0.15) is 11.5 Å². The molecule has 6 nitrogen and oxygen atoms in total. The Labute approximate surface area is 174 Å². The first kappa shape index (κ1) is 24.1. The fourth-order valence-electron chi connectivity index (χ4n) is 2.73. The summed E-state index contributed by atoms with van der Waals surface area (Å²) in [7, 11) is 1.62. The van der Waals surface area contributed by atoms with E-state index in [1.807, 2.05) is 39.0 Å². The van der Waals surface area contributed by atoms with Crippen LogP contribution in [0.2, 0.25) is 0 Å². The van der Waals surface area contributed by atoms with Crippen LogP contribution in [-0.2, 0) is 17.8 Å². The molecule has 0 fully saturated rings. The fraction of sp³-hybridized carbons (Fsp3) is 0.435. The number of methoxy groups -OCH3 is 1. The Kier molecular flexibility index (Phi) is 9.86. The molecule has 0 saturated carbocycles. The van der Waals surface area contributed by atoms with Crippen molar-refractivity contribution < 1.29 is 9.53 Å². The van der Waals surface area contributed by atoms with E-state index in [1.165, 1.54) is 11.8 Å². The van der Waals surface area contributed by atoms with Gasteiger partial charge in [-0.2, -0.15) is 0 Å². The standard InChI is InChI=1S/C23H34N4O2/c1-7-15(4)19(13-24)22(25)27-21(16(5)8-2)23(28)26-14-18-11-10-17(9-3)12-20(18)29-6/h10-13,16,25H,4,7-9,14,24H2,1-3,5-6H3,(H,26,28)/b19-13-,25-22?,27-21?. The van der Waals surface area contributed by atoms with Gasteiger partial charge in [0.25, 0.3) is 5.91 Å². The Balaban J connectivity index is 3.07. The summed E-state index contributed by atoms with van der Waals surface area (Å²) in [5.74, 6) is 0.291. The molecular weight excluding hydrogens is 364 g/mol. The number of carbonyl (C=O) groups excluding carboxylic acids is 1. The van der Waals surface area contributed by atoms with Gasteiger partial charge in [0.15, 0.2) is 5.84 Å². The zero-order valence-corrected chi connectivity index (χ0v) is 18.3. The van der Waals surface area contributed by atoms with Crippen LogP contribution in [0.4, 0.5) is 0 Å². The van der Waals surface area contributed by atoms with Crippen LogP contribution < -0.4 is 15.8 Å². The zero-order valence-electron chi connectivity index (χ0n) is 18.3. The third-order valence-electron chi connectivity index (χ3n) is 4.97. The molecule has 0 radical (unpaired) electrons. The summed E-state index contributed by atoms with van der Waals surface area (Å²) in [5.41, 5.74) is 9.19. The summed E-state index contributed by atoms with van der Waals surface area (Å²) in [6, 6.07) is 5.97. The molecule has 0 aromatic heterocycles. The SMILES string of the molecule is C=C(CC)/C(=C/N)C(=N)N=C(C(=O)NCc1ccc(CC)cc1OC)C(C)CC. The third-order valence-corrected chi connectivity index (χ3v) is 4.97. The summed E-state index contributed by atoms with van der Waals surface area (Å²) < 4.78 is 5.45. The van der Waals surface area contributed by atoms with E-state index in [1.54, 1.807) is 7.11 Å². The normalized spacial score (nSPS) is 13.0. The summed E-state index contributed by atoms with van der Waals surface area (Å²) >= 11 is 0. The van der Waals surface area contributed by atoms with Gasteiger partial charge in [-0.25, -0.2) is 4.99 Å². The Morgan fingerprint density at radius 1 is 1.38 bits per heavy atom. The van der Waals surface area contributed by atoms with Crippen LogP contribution in [0.3, 0.4) is 0 Å². The van der Waals surface area contributed by atoms with Crippen molar-refractivity contribution in [2.75, 3.05) is 7.11 Å². The molecule has 1 rings (SSSR count). The highest BCUT2D eigenvalue weighted by Gasteiger charge is 2.20. The first-order valence-corrected chi connectivity index (χ1v) is 10.0. The van der Waals surface area contributed by atoms with Gasteiger partial charge >= 0.3 is 0 Å². The molecule has 0 saturated heterocycles. The first-order valence-electron chi connectivity index (χ1n) is 10.0. The summed E-state index contributed by atoms with van der Waals surface area (Å²) in [6.07, 6.45) is 3.61. The minimum absolute atomic E-state index is 0.0466. The molecule has 158 valence electrons. The van der Waals surface area contributed by atoms with Crippen molar-refractivity contribution in [3.05, 3.63) is 53.3 Å². The molecule has 6 heteroatoms. The second-order valence-corrected chi connectivity index (χ2v) is 6.87. The van der Waals surface area contributed by atoms with Crippen LogP contribution in [0.1, 0.15) is 51.7 Å². The average Bonchev–Trinajstić information content (AvgIpc) is 2.75. The average molecular weight is 399 g/mol. The van der Waals surface area contributed by atoms with Crippen LogP contribution >= 0.6 is 0 Å². The van der Waals surface area contributed by atoms with E-state index in [2.05, 4.69) is 23.8 Å². The van der Waals surface area contributed by atoms with Crippen molar-refractivity contribution in [1.82, 2.24) is 5.32 Å². The van der Waals surface area contributed by atoms with Gasteiger partial charge in [0, 0.05) is 29.8 Å². The Bertz CT molecular complexity index is 809. The van der Waals surface area contributed by atoms with Crippen molar-refractivity contribution in [3.63, 3.8) is 0 Å². The molecule has 1 atom stereocenters. The van der Waals surface area contributed by atoms with Crippen molar-refractivity contribution in [3.8, 4) is 5.75 Å². The number of nitrogens with one attached hydrogen (secondary N) is 2. The highest BCUT2D eigenvalue weighted by molar-refractivity contribution is 6.41. The molecule has 1 amide bonds. The van der Waals surface area contributed by atoms with Gasteiger partial charge in [-0.05, 0) is 36.5 Å². The minimum atomic E-state index is -0.302. The lowest BCUT2D eigenvalue weighted by Gasteiger charge is -2.16. The maximum Gasteiger partial charge on any atom is 0.266 e. The number of aryl methyl sites for hydroxylation is 1. The lowest BCUT2D eigenvalue weighted by molar-refractivity contribution is -0.115.